The van der Waals surface area contributed by atoms with E-state index >= 15 is 4.89 Å². The molecule has 16 aliphatic rings. The van der Waals surface area contributed by atoms with Gasteiger partial charge < -0.3 is 0 Å². The average Bonchev–Trinajstić information content (AvgIpc) is 2.15. The van der Waals surface area contributed by atoms with Gasteiger partial charge >= 0.3 is 528 Å². The van der Waals surface area contributed by atoms with E-state index in [1.165, 1.54) is 176 Å². The molecular weight excluding hydrogens is 1160 g/mol. The fraction of sp³-hybridized carbons (Fsp3) is 0.938. The summed E-state index contributed by atoms with van der Waals surface area (Å²) >= 11 is 0. The third-order valence-electron chi connectivity index (χ3n) is 24.9. The van der Waals surface area contributed by atoms with Crippen LogP contribution in [0.25, 0.3) is 0 Å². The van der Waals surface area contributed by atoms with Gasteiger partial charge in [0.25, 0.3) is 0 Å². The Balaban J connectivity index is 1.08. The second-order valence-electron chi connectivity index (χ2n) is 29.5. The zero-order valence-corrected chi connectivity index (χ0v) is 57.9. The van der Waals surface area contributed by atoms with Gasteiger partial charge in [0.15, 0.2) is 0 Å². The van der Waals surface area contributed by atoms with E-state index in [4.69, 9.17) is 19.1 Å². The van der Waals surface area contributed by atoms with Gasteiger partial charge in [-0.3, -0.25) is 0 Å². The monoisotopic (exact) mass is 1280 g/mol. The number of hydrogen-bond acceptors (Lipinski definition) is 17. The van der Waals surface area contributed by atoms with E-state index < -0.39 is 39.7 Å². The second kappa shape index (κ2) is 25.5. The van der Waals surface area contributed by atoms with Crippen molar-refractivity contribution in [2.45, 2.75) is 202 Å². The summed E-state index contributed by atoms with van der Waals surface area (Å²) in [6.45, 7) is 27.0. The van der Waals surface area contributed by atoms with Gasteiger partial charge in [-0.2, -0.15) is 0 Å². The first kappa shape index (κ1) is 61.2. The molecule has 86 heavy (non-hydrogen) atoms. The van der Waals surface area contributed by atoms with Crippen LogP contribution in [0.2, 0.25) is 0 Å². The molecule has 0 aliphatic carbocycles. The van der Waals surface area contributed by atoms with E-state index in [2.05, 4.69) is 57.9 Å². The van der Waals surface area contributed by atoms with Crippen LogP contribution in [-0.2, 0) is 0 Å². The van der Waals surface area contributed by atoms with Crippen molar-refractivity contribution in [3.05, 3.63) is 0 Å². The van der Waals surface area contributed by atoms with E-state index in [0.29, 0.717) is 0 Å². The molecule has 16 saturated heterocycles. The molecule has 0 bridgehead atoms. The van der Waals surface area contributed by atoms with E-state index in [9.17, 15) is 0 Å². The van der Waals surface area contributed by atoms with Gasteiger partial charge in [0.2, 0.25) is 0 Å². The normalized spacial score (nSPS) is 37.9. The van der Waals surface area contributed by atoms with Crippen LogP contribution >= 0.6 is 39.7 Å². The van der Waals surface area contributed by atoms with E-state index in [1.54, 1.807) is 0 Å². The Bertz CT molecular complexity index is 2100. The Hall–Kier alpha value is 0.310. The molecule has 16 fully saturated rings. The van der Waals surface area contributed by atoms with Crippen molar-refractivity contribution in [2.75, 3.05) is 182 Å². The number of rotatable bonds is 16. The topological polar surface area (TPSA) is 109 Å². The van der Waals surface area contributed by atoms with E-state index in [-0.39, 0.29) is 22.7 Å². The molecule has 22 heteroatoms. The Morgan fingerprint density at radius 2 is 0.372 bits per heavy atom. The molecule has 16 rings (SSSR count). The summed E-state index contributed by atoms with van der Waals surface area (Å²) in [6, 6.07) is 0. The van der Waals surface area contributed by atoms with Crippen LogP contribution in [0, 0.1) is 0 Å². The second-order valence-corrected chi connectivity index (χ2v) is 41.1. The molecule has 1 N–H and O–H groups in total. The van der Waals surface area contributed by atoms with Crippen LogP contribution in [-0.4, -0.2) is 289 Å². The maximum atomic E-state index is 17.5. The van der Waals surface area contributed by atoms with Gasteiger partial charge in [0.1, 0.15) is 0 Å². The molecule has 16 aliphatic heterocycles. The van der Waals surface area contributed by atoms with Gasteiger partial charge in [-0.25, -0.2) is 0 Å². The fourth-order valence-electron chi connectivity index (χ4n) is 20.8. The summed E-state index contributed by atoms with van der Waals surface area (Å²) in [7, 11) is -9.18. The standard InChI is InChI=1S/C64H113N16OP5/c81-86(65-57-61(69-29-1-2-30-69,70-31-3-4-32-70)25-53-82(57)77-45-17-18-46-77,66-58-62(71-33-5-6-34-71,72-35-7-8-36-72)26-54-83(58)78-47-19-20-48-78,67-59-63(73-37-9-10-38-73,74-39-11-12-40-74)27-55-84(59)79-49-21-22-50-79)68-60-64(75-41-13-14-42-75,76-43-15-16-44-76)28-56-85(60)80-51-23-24-52-80/h81H,1-56H2. The average molecular weight is 1280 g/mol. The zero-order valence-electron chi connectivity index (χ0n) is 53.4. The molecule has 0 spiro atoms. The van der Waals surface area contributed by atoms with Gasteiger partial charge in [0, 0.05) is 0 Å². The zero-order chi connectivity index (χ0) is 57.4. The van der Waals surface area contributed by atoms with E-state index in [0.717, 1.165) is 207 Å². The van der Waals surface area contributed by atoms with Crippen molar-refractivity contribution >= 4 is 61.5 Å². The third kappa shape index (κ3) is 10.5. The van der Waals surface area contributed by atoms with Crippen molar-refractivity contribution in [3.8, 4) is 0 Å². The van der Waals surface area contributed by atoms with Crippen molar-refractivity contribution in [2.24, 2.45) is 19.1 Å². The van der Waals surface area contributed by atoms with Crippen LogP contribution in [0.1, 0.15) is 180 Å². The first-order chi connectivity index (χ1) is 42.3. The molecule has 0 saturated carbocycles. The molecule has 4 unspecified atom stereocenters. The predicted octanol–water partition coefficient (Wildman–Crippen LogP) is 10.8. The number of nitrogens with zero attached hydrogens (tertiary/aromatic N) is 16. The summed E-state index contributed by atoms with van der Waals surface area (Å²) in [4.78, 5) is 41.4. The number of hydrogen-bond donors (Lipinski definition) is 1. The van der Waals surface area contributed by atoms with Gasteiger partial charge in [-0.1, -0.05) is 0 Å². The SMILES string of the molecule is OP(N=C1P(N2CCCC2)CCC1(N1CCCC1)N1CCCC1)(N=C1P(N2CCCC2)CCC1(N1CCCC1)N1CCCC1)(N=C1P(N2CCCC2)CCC1(N1CCCC1)N1CCCC1)N=C1P(N2CCCC2)CCC1(N1CCCC1)N1CCCC1. The van der Waals surface area contributed by atoms with Crippen LogP contribution in [0.5, 0.6) is 0 Å². The fourth-order valence-corrected chi connectivity index (χ4v) is 38.1. The molecule has 0 radical (unpaired) electrons. The minimum atomic E-state index is -5.68. The molecule has 0 aromatic heterocycles. The predicted molar refractivity (Wildman–Crippen MR) is 365 cm³/mol. The molecule has 0 aromatic carbocycles. The van der Waals surface area contributed by atoms with Crippen LogP contribution in [0.15, 0.2) is 19.1 Å². The van der Waals surface area contributed by atoms with Crippen molar-refractivity contribution in [1.29, 1.82) is 0 Å². The Labute approximate surface area is 524 Å². The van der Waals surface area contributed by atoms with Crippen molar-refractivity contribution in [3.63, 3.8) is 0 Å². The first-order valence-corrected chi connectivity index (χ1v) is 44.6. The molecule has 16 heterocycles. The molecule has 17 nitrogen and oxygen atoms in total. The summed E-state index contributed by atoms with van der Waals surface area (Å²) in [6.07, 6.45) is 39.1. The first-order valence-electron chi connectivity index (χ1n) is 36.6. The minimum absolute atomic E-state index is 0.364. The molecule has 0 aromatic rings. The molecule has 480 valence electrons. The summed E-state index contributed by atoms with van der Waals surface area (Å²) < 4.78 is 40.4. The van der Waals surface area contributed by atoms with Crippen molar-refractivity contribution in [1.82, 2.24) is 57.9 Å². The number of likely N-dealkylation sites (tertiary alicyclic amines) is 8. The summed E-state index contributed by atoms with van der Waals surface area (Å²) in [5.74, 6) is 0. The summed E-state index contributed by atoms with van der Waals surface area (Å²) in [5, 5.41) is 0. The van der Waals surface area contributed by atoms with E-state index in [1.807, 2.05) is 0 Å². The Morgan fingerprint density at radius 3 is 0.523 bits per heavy atom. The summed E-state index contributed by atoms with van der Waals surface area (Å²) in [5.41, 5.74) is 3.88. The van der Waals surface area contributed by atoms with Crippen LogP contribution in [0.4, 0.5) is 0 Å². The Morgan fingerprint density at radius 1 is 0.233 bits per heavy atom. The molecule has 4 atom stereocenters. The molecule has 0 amide bonds. The quantitative estimate of drug-likeness (QED) is 0.148. The van der Waals surface area contributed by atoms with Gasteiger partial charge in [-0.15, -0.1) is 0 Å². The third-order valence-corrected chi connectivity index (χ3v) is 38.5. The van der Waals surface area contributed by atoms with Crippen molar-refractivity contribution < 1.29 is 4.89 Å². The van der Waals surface area contributed by atoms with Crippen LogP contribution < -0.4 is 0 Å². The maximum absolute atomic E-state index is 17.5. The molecular formula is C64H113N16OP5. The van der Waals surface area contributed by atoms with Crippen LogP contribution in [0.3, 0.4) is 0 Å². The van der Waals surface area contributed by atoms with Gasteiger partial charge in [0.05, 0.1) is 0 Å². The Kier molecular flexibility index (Phi) is 18.1. The van der Waals surface area contributed by atoms with Gasteiger partial charge in [-0.05, 0) is 0 Å².